The number of rotatable bonds is 10. The zero-order chi connectivity index (χ0) is 23.6. The topological polar surface area (TPSA) is 138 Å². The molecule has 3 aromatic heterocycles. The smallest absolute Gasteiger partial charge is 0.245 e. The minimum absolute atomic E-state index is 0.111. The first kappa shape index (κ1) is 23.1. The van der Waals surface area contributed by atoms with Gasteiger partial charge in [0.1, 0.15) is 21.9 Å². The number of nitrogens with zero attached hydrogens (tertiary/aromatic N) is 4. The van der Waals surface area contributed by atoms with Gasteiger partial charge in [-0.15, -0.1) is 0 Å². The highest BCUT2D eigenvalue weighted by atomic mass is 32.2. The molecule has 0 radical (unpaired) electrons. The molecule has 0 aliphatic rings. The Morgan fingerprint density at radius 1 is 1.18 bits per heavy atom. The van der Waals surface area contributed by atoms with Crippen LogP contribution in [0.5, 0.6) is 0 Å². The van der Waals surface area contributed by atoms with Gasteiger partial charge in [-0.25, -0.2) is 23.1 Å². The van der Waals surface area contributed by atoms with Crippen LogP contribution in [0.4, 0.5) is 5.82 Å². The predicted molar refractivity (Wildman–Crippen MR) is 125 cm³/mol. The summed E-state index contributed by atoms with van der Waals surface area (Å²) >= 11 is 0. The molecule has 0 amide bonds. The number of ether oxygens (including phenoxy) is 1. The molecule has 0 spiro atoms. The Hall–Kier alpha value is -3.02. The van der Waals surface area contributed by atoms with E-state index in [-0.39, 0.29) is 10.7 Å². The Labute approximate surface area is 192 Å². The van der Waals surface area contributed by atoms with Crippen molar-refractivity contribution in [3.8, 4) is 0 Å². The number of imidazole rings is 1. The summed E-state index contributed by atoms with van der Waals surface area (Å²) in [5.74, 6) is 1.55. The Balaban J connectivity index is 1.53. The average molecular weight is 473 g/mol. The largest absolute Gasteiger partial charge is 0.384 e. The molecule has 3 N–H and O–H groups in total. The number of anilines is 1. The van der Waals surface area contributed by atoms with Gasteiger partial charge in [0.2, 0.25) is 10.0 Å². The standard InChI is InChI=1S/C22H28N6O4S/c1-14-21(15(2)32-27-14)33(29,30)24-11-6-7-12-28-18(10-13-31-3)26-19-20(28)16-8-4-5-9-17(16)25-22(19)23/h4-5,8-9,24H,6-7,10-13H2,1-3H3,(H2,23,25). The molecule has 33 heavy (non-hydrogen) atoms. The molecule has 0 unspecified atom stereocenters. The lowest BCUT2D eigenvalue weighted by Gasteiger charge is -2.11. The minimum Gasteiger partial charge on any atom is -0.384 e. The monoisotopic (exact) mass is 472 g/mol. The van der Waals surface area contributed by atoms with Crippen molar-refractivity contribution in [1.29, 1.82) is 0 Å². The second-order valence-electron chi connectivity index (χ2n) is 7.89. The Morgan fingerprint density at radius 2 is 1.97 bits per heavy atom. The van der Waals surface area contributed by atoms with E-state index in [4.69, 9.17) is 20.0 Å². The molecule has 0 fully saturated rings. The van der Waals surface area contributed by atoms with Crippen LogP contribution in [0.3, 0.4) is 0 Å². The van der Waals surface area contributed by atoms with E-state index in [9.17, 15) is 8.42 Å². The fourth-order valence-corrected chi connectivity index (χ4v) is 5.46. The molecule has 0 saturated heterocycles. The van der Waals surface area contributed by atoms with E-state index in [0.29, 0.717) is 49.6 Å². The fraction of sp³-hybridized carbons (Fsp3) is 0.409. The Bertz CT molecular complexity index is 1370. The summed E-state index contributed by atoms with van der Waals surface area (Å²) in [5.41, 5.74) is 9.01. The van der Waals surface area contributed by atoms with Crippen molar-refractivity contribution in [3.05, 3.63) is 41.5 Å². The van der Waals surface area contributed by atoms with Crippen LogP contribution < -0.4 is 10.5 Å². The van der Waals surface area contributed by atoms with Gasteiger partial charge in [0.15, 0.2) is 11.6 Å². The van der Waals surface area contributed by atoms with Crippen LogP contribution in [0.1, 0.15) is 30.1 Å². The number of sulfonamides is 1. The second-order valence-corrected chi connectivity index (χ2v) is 9.60. The average Bonchev–Trinajstić information content (AvgIpc) is 3.32. The van der Waals surface area contributed by atoms with Gasteiger partial charge in [0.05, 0.1) is 17.6 Å². The van der Waals surface area contributed by atoms with Crippen molar-refractivity contribution in [3.63, 3.8) is 0 Å². The van der Waals surface area contributed by atoms with E-state index >= 15 is 0 Å². The van der Waals surface area contributed by atoms with Crippen LogP contribution in [0, 0.1) is 13.8 Å². The number of nitrogens with two attached hydrogens (primary N) is 1. The van der Waals surface area contributed by atoms with Gasteiger partial charge < -0.3 is 19.6 Å². The summed E-state index contributed by atoms with van der Waals surface area (Å²) in [4.78, 5) is 9.36. The molecule has 176 valence electrons. The molecule has 1 aromatic carbocycles. The third-order valence-electron chi connectivity index (χ3n) is 5.56. The third-order valence-corrected chi connectivity index (χ3v) is 7.26. The molecule has 11 heteroatoms. The second kappa shape index (κ2) is 9.46. The number of para-hydroxylation sites is 1. The number of benzene rings is 1. The maximum absolute atomic E-state index is 12.6. The molecule has 0 bridgehead atoms. The van der Waals surface area contributed by atoms with E-state index in [0.717, 1.165) is 28.7 Å². The van der Waals surface area contributed by atoms with Crippen molar-refractivity contribution in [2.24, 2.45) is 0 Å². The van der Waals surface area contributed by atoms with Gasteiger partial charge in [-0.05, 0) is 32.8 Å². The number of fused-ring (bicyclic) bond motifs is 3. The number of pyridine rings is 1. The van der Waals surface area contributed by atoms with E-state index < -0.39 is 10.0 Å². The van der Waals surface area contributed by atoms with Gasteiger partial charge in [0, 0.05) is 32.0 Å². The molecule has 0 saturated carbocycles. The number of nitrogens with one attached hydrogen (secondary N) is 1. The summed E-state index contributed by atoms with van der Waals surface area (Å²) in [6.45, 7) is 4.70. The van der Waals surface area contributed by atoms with E-state index in [1.54, 1.807) is 21.0 Å². The molecule has 10 nitrogen and oxygen atoms in total. The number of unbranched alkanes of at least 4 members (excludes halogenated alkanes) is 1. The highest BCUT2D eigenvalue weighted by Gasteiger charge is 2.23. The molecule has 0 atom stereocenters. The summed E-state index contributed by atoms with van der Waals surface area (Å²) in [6.07, 6.45) is 2.02. The van der Waals surface area contributed by atoms with Crippen LogP contribution in [-0.2, 0) is 27.7 Å². The summed E-state index contributed by atoms with van der Waals surface area (Å²) in [5, 5.41) is 4.71. The summed E-state index contributed by atoms with van der Waals surface area (Å²) < 4.78 is 40.2. The third kappa shape index (κ3) is 4.56. The lowest BCUT2D eigenvalue weighted by Crippen LogP contribution is -2.26. The van der Waals surface area contributed by atoms with E-state index in [2.05, 4.69) is 19.4 Å². The fourth-order valence-electron chi connectivity index (χ4n) is 4.06. The van der Waals surface area contributed by atoms with Crippen LogP contribution >= 0.6 is 0 Å². The SMILES string of the molecule is COCCc1nc2c(N)nc3ccccc3c2n1CCCCNS(=O)(=O)c1c(C)noc1C. The lowest BCUT2D eigenvalue weighted by atomic mass is 10.2. The number of aryl methyl sites for hydroxylation is 3. The zero-order valence-corrected chi connectivity index (χ0v) is 19.8. The van der Waals surface area contributed by atoms with Crippen LogP contribution in [0.2, 0.25) is 0 Å². The van der Waals surface area contributed by atoms with Gasteiger partial charge in [-0.3, -0.25) is 0 Å². The van der Waals surface area contributed by atoms with Crippen LogP contribution in [-0.4, -0.2) is 48.4 Å². The maximum atomic E-state index is 12.6. The lowest BCUT2D eigenvalue weighted by molar-refractivity contribution is 0.199. The highest BCUT2D eigenvalue weighted by Crippen LogP contribution is 2.29. The Morgan fingerprint density at radius 3 is 2.70 bits per heavy atom. The molecular weight excluding hydrogens is 444 g/mol. The van der Waals surface area contributed by atoms with Crippen molar-refractivity contribution >= 4 is 37.8 Å². The maximum Gasteiger partial charge on any atom is 0.245 e. The van der Waals surface area contributed by atoms with Crippen molar-refractivity contribution in [2.75, 3.05) is 26.0 Å². The number of aromatic nitrogens is 4. The quantitative estimate of drug-likeness (QED) is 0.336. The van der Waals surface area contributed by atoms with Gasteiger partial charge in [-0.1, -0.05) is 23.4 Å². The van der Waals surface area contributed by atoms with Crippen molar-refractivity contribution in [1.82, 2.24) is 24.4 Å². The molecule has 0 aliphatic heterocycles. The molecule has 0 aliphatic carbocycles. The number of nitrogen functional groups attached to an aromatic ring is 1. The first-order valence-corrected chi connectivity index (χ1v) is 12.3. The molecule has 3 heterocycles. The first-order valence-electron chi connectivity index (χ1n) is 10.8. The predicted octanol–water partition coefficient (Wildman–Crippen LogP) is 2.72. The summed E-state index contributed by atoms with van der Waals surface area (Å²) in [7, 11) is -2.01. The summed E-state index contributed by atoms with van der Waals surface area (Å²) in [6, 6.07) is 7.84. The van der Waals surface area contributed by atoms with Gasteiger partial charge in [0.25, 0.3) is 0 Å². The van der Waals surface area contributed by atoms with Crippen LogP contribution in [0.25, 0.3) is 21.9 Å². The molecular formula is C22H28N6O4S. The highest BCUT2D eigenvalue weighted by molar-refractivity contribution is 7.89. The first-order chi connectivity index (χ1) is 15.8. The molecule has 4 aromatic rings. The normalized spacial score (nSPS) is 12.2. The van der Waals surface area contributed by atoms with E-state index in [1.807, 2.05) is 24.3 Å². The number of hydrogen-bond donors (Lipinski definition) is 2. The molecule has 4 rings (SSSR count). The number of hydrogen-bond acceptors (Lipinski definition) is 8. The number of methoxy groups -OCH3 is 1. The Kier molecular flexibility index (Phi) is 6.63. The van der Waals surface area contributed by atoms with Crippen molar-refractivity contribution < 1.29 is 17.7 Å². The van der Waals surface area contributed by atoms with Gasteiger partial charge in [-0.2, -0.15) is 0 Å². The minimum atomic E-state index is -3.67. The van der Waals surface area contributed by atoms with Crippen molar-refractivity contribution in [2.45, 2.75) is 44.6 Å². The van der Waals surface area contributed by atoms with E-state index in [1.165, 1.54) is 0 Å². The zero-order valence-electron chi connectivity index (χ0n) is 19.0. The van der Waals surface area contributed by atoms with Crippen LogP contribution in [0.15, 0.2) is 33.7 Å². The van der Waals surface area contributed by atoms with Gasteiger partial charge >= 0.3 is 0 Å².